The van der Waals surface area contributed by atoms with E-state index >= 15 is 0 Å². The van der Waals surface area contributed by atoms with Gasteiger partial charge in [-0.15, -0.1) is 0 Å². The van der Waals surface area contributed by atoms with Crippen LogP contribution in [-0.2, 0) is 0 Å². The van der Waals surface area contributed by atoms with Gasteiger partial charge in [0.1, 0.15) is 0 Å². The molecule has 1 aliphatic carbocycles. The zero-order chi connectivity index (χ0) is 14.5. The first-order valence-corrected chi connectivity index (χ1v) is 6.31. The minimum atomic E-state index is -0.654. The Bertz CT molecular complexity index is 543. The van der Waals surface area contributed by atoms with Gasteiger partial charge in [0, 0.05) is 11.8 Å². The van der Waals surface area contributed by atoms with Crippen molar-refractivity contribution in [2.45, 2.75) is 19.3 Å². The van der Waals surface area contributed by atoms with Crippen LogP contribution in [0.2, 0.25) is 0 Å². The molecule has 0 heterocycles. The Morgan fingerprint density at radius 1 is 1.25 bits per heavy atom. The van der Waals surface area contributed by atoms with Gasteiger partial charge in [-0.3, -0.25) is 4.79 Å². The molecule has 2 rings (SSSR count). The van der Waals surface area contributed by atoms with Crippen molar-refractivity contribution in [2.24, 2.45) is 11.0 Å². The fraction of sp³-hybridized carbons (Fsp3) is 0.286. The number of amides is 1. The average Bonchev–Trinajstić information content (AvgIpc) is 2.45. The molecule has 1 aromatic carbocycles. The molecule has 0 spiro atoms. The number of hydrogen-bond acceptors (Lipinski definition) is 5. The third-order valence-corrected chi connectivity index (χ3v) is 3.09. The van der Waals surface area contributed by atoms with Gasteiger partial charge in [-0.05, 0) is 37.3 Å². The summed E-state index contributed by atoms with van der Waals surface area (Å²) in [5.41, 5.74) is 2.34. The maximum Gasteiger partial charge on any atom is 0.271 e. The molecule has 0 aliphatic heterocycles. The quantitative estimate of drug-likeness (QED) is 0.293. The Balaban J connectivity index is 1.98. The van der Waals surface area contributed by atoms with Crippen molar-refractivity contribution in [3.8, 4) is 17.2 Å². The molecule has 6 nitrogen and oxygen atoms in total. The highest BCUT2D eigenvalue weighted by Gasteiger charge is 2.13. The van der Waals surface area contributed by atoms with Gasteiger partial charge in [-0.25, -0.2) is 5.43 Å². The number of allylic oxidation sites excluding steroid dienone is 2. The molecule has 0 aromatic heterocycles. The maximum atomic E-state index is 11.8. The molecule has 0 saturated heterocycles. The molecular formula is C14H16N2O4. The van der Waals surface area contributed by atoms with Gasteiger partial charge in [0.25, 0.3) is 5.91 Å². The highest BCUT2D eigenvalue weighted by molar-refractivity contribution is 5.95. The largest absolute Gasteiger partial charge is 0.504 e. The number of aromatic hydroxyl groups is 3. The first kappa shape index (κ1) is 13.9. The predicted molar refractivity (Wildman–Crippen MR) is 73.9 cm³/mol. The first-order chi connectivity index (χ1) is 9.58. The number of hydrazone groups is 1. The Hall–Kier alpha value is -2.50. The molecule has 1 aromatic rings. The minimum absolute atomic E-state index is 0.0125. The number of phenolic OH excluding ortho intramolecular Hbond substituents is 3. The molecule has 106 valence electrons. The lowest BCUT2D eigenvalue weighted by Gasteiger charge is -2.11. The van der Waals surface area contributed by atoms with Gasteiger partial charge in [0.2, 0.25) is 0 Å². The lowest BCUT2D eigenvalue weighted by molar-refractivity contribution is 0.0954. The summed E-state index contributed by atoms with van der Waals surface area (Å²) in [6.45, 7) is 0. The van der Waals surface area contributed by atoms with Crippen LogP contribution in [-0.4, -0.2) is 27.4 Å². The average molecular weight is 276 g/mol. The maximum absolute atomic E-state index is 11.8. The summed E-state index contributed by atoms with van der Waals surface area (Å²) in [4.78, 5) is 11.8. The van der Waals surface area contributed by atoms with Crippen LogP contribution in [0.4, 0.5) is 0 Å². The first-order valence-electron chi connectivity index (χ1n) is 6.31. The molecule has 1 aliphatic rings. The highest BCUT2D eigenvalue weighted by atomic mass is 16.3. The van der Waals surface area contributed by atoms with Crippen molar-refractivity contribution in [1.29, 1.82) is 0 Å². The highest BCUT2D eigenvalue weighted by Crippen LogP contribution is 2.35. The molecule has 4 N–H and O–H groups in total. The number of phenols is 3. The number of carbonyl (C=O) groups excluding carboxylic acids is 1. The van der Waals surface area contributed by atoms with Crippen LogP contribution in [0.5, 0.6) is 17.2 Å². The fourth-order valence-electron chi connectivity index (χ4n) is 1.95. The number of rotatable bonds is 3. The van der Waals surface area contributed by atoms with Crippen molar-refractivity contribution >= 4 is 12.1 Å². The van der Waals surface area contributed by atoms with E-state index < -0.39 is 23.2 Å². The van der Waals surface area contributed by atoms with E-state index in [4.69, 9.17) is 0 Å². The van der Waals surface area contributed by atoms with Gasteiger partial charge >= 0.3 is 0 Å². The summed E-state index contributed by atoms with van der Waals surface area (Å²) in [5.74, 6) is -2.03. The molecule has 0 radical (unpaired) electrons. The number of carbonyl (C=O) groups is 1. The zero-order valence-electron chi connectivity index (χ0n) is 10.8. The molecule has 20 heavy (non-hydrogen) atoms. The van der Waals surface area contributed by atoms with Gasteiger partial charge in [-0.1, -0.05) is 12.2 Å². The second-order valence-electron chi connectivity index (χ2n) is 4.63. The standard InChI is InChI=1S/C14H16N2O4/c17-11-6-10(7-12(18)13(11)19)14(20)16-15-8-9-4-2-1-3-5-9/h1-2,6-9,17-19H,3-5H2,(H,16,20)/b15-8+. The van der Waals surface area contributed by atoms with Gasteiger partial charge in [-0.2, -0.15) is 5.10 Å². The van der Waals surface area contributed by atoms with E-state index in [1.807, 2.05) is 0 Å². The third kappa shape index (κ3) is 3.28. The zero-order valence-corrected chi connectivity index (χ0v) is 10.8. The van der Waals surface area contributed by atoms with Crippen molar-refractivity contribution in [1.82, 2.24) is 5.43 Å². The molecule has 6 heteroatoms. The Morgan fingerprint density at radius 3 is 2.55 bits per heavy atom. The number of nitrogens with one attached hydrogen (secondary N) is 1. The monoisotopic (exact) mass is 276 g/mol. The smallest absolute Gasteiger partial charge is 0.271 e. The van der Waals surface area contributed by atoms with Crippen LogP contribution in [0.3, 0.4) is 0 Å². The van der Waals surface area contributed by atoms with Crippen molar-refractivity contribution < 1.29 is 20.1 Å². The fourth-order valence-corrected chi connectivity index (χ4v) is 1.95. The van der Waals surface area contributed by atoms with E-state index in [1.54, 1.807) is 6.21 Å². The lowest BCUT2D eigenvalue weighted by atomic mass is 9.96. The van der Waals surface area contributed by atoms with Gasteiger partial charge in [0.15, 0.2) is 17.2 Å². The van der Waals surface area contributed by atoms with Crippen LogP contribution < -0.4 is 5.43 Å². The molecule has 0 fully saturated rings. The summed E-state index contributed by atoms with van der Waals surface area (Å²) in [6, 6.07) is 2.12. The summed E-state index contributed by atoms with van der Waals surface area (Å²) in [7, 11) is 0. The van der Waals surface area contributed by atoms with Crippen molar-refractivity contribution in [3.05, 3.63) is 29.8 Å². The van der Waals surface area contributed by atoms with E-state index in [1.165, 1.54) is 0 Å². The number of hydrogen-bond donors (Lipinski definition) is 4. The van der Waals surface area contributed by atoms with E-state index in [9.17, 15) is 20.1 Å². The van der Waals surface area contributed by atoms with Crippen LogP contribution in [0.15, 0.2) is 29.4 Å². The summed E-state index contributed by atoms with van der Waals surface area (Å²) in [6.07, 6.45) is 8.78. The van der Waals surface area contributed by atoms with E-state index in [0.29, 0.717) is 5.92 Å². The summed E-state index contributed by atoms with van der Waals surface area (Å²) >= 11 is 0. The molecule has 1 unspecified atom stereocenters. The summed E-state index contributed by atoms with van der Waals surface area (Å²) < 4.78 is 0. The topological polar surface area (TPSA) is 102 Å². The second kappa shape index (κ2) is 6.10. The molecule has 1 amide bonds. The molecule has 0 saturated carbocycles. The van der Waals surface area contributed by atoms with Crippen LogP contribution in [0, 0.1) is 5.92 Å². The van der Waals surface area contributed by atoms with Crippen LogP contribution in [0.25, 0.3) is 0 Å². The summed E-state index contributed by atoms with van der Waals surface area (Å²) in [5, 5.41) is 31.7. The Kier molecular flexibility index (Phi) is 4.24. The van der Waals surface area contributed by atoms with Gasteiger partial charge < -0.3 is 15.3 Å². The molecule has 0 bridgehead atoms. The molecular weight excluding hydrogens is 260 g/mol. The van der Waals surface area contributed by atoms with Crippen LogP contribution >= 0.6 is 0 Å². The predicted octanol–water partition coefficient (Wildman–Crippen LogP) is 1.88. The van der Waals surface area contributed by atoms with E-state index in [0.717, 1.165) is 31.4 Å². The van der Waals surface area contributed by atoms with Crippen molar-refractivity contribution in [2.75, 3.05) is 0 Å². The number of benzene rings is 1. The molecule has 1 atom stereocenters. The van der Waals surface area contributed by atoms with E-state index in [2.05, 4.69) is 22.7 Å². The lowest BCUT2D eigenvalue weighted by Crippen LogP contribution is -2.18. The van der Waals surface area contributed by atoms with Gasteiger partial charge in [0.05, 0.1) is 0 Å². The van der Waals surface area contributed by atoms with E-state index in [-0.39, 0.29) is 5.56 Å². The minimum Gasteiger partial charge on any atom is -0.504 e. The Labute approximate surface area is 116 Å². The Morgan fingerprint density at radius 2 is 1.95 bits per heavy atom. The normalized spacial score (nSPS) is 18.3. The second-order valence-corrected chi connectivity index (χ2v) is 4.63. The van der Waals surface area contributed by atoms with Crippen molar-refractivity contribution in [3.63, 3.8) is 0 Å². The van der Waals surface area contributed by atoms with Crippen LogP contribution in [0.1, 0.15) is 29.6 Å². The SMILES string of the molecule is O=C(N/N=C/C1CC=CCC1)c1cc(O)c(O)c(O)c1. The number of nitrogens with zero attached hydrogens (tertiary/aromatic N) is 1. The third-order valence-electron chi connectivity index (χ3n) is 3.09.